The third kappa shape index (κ3) is 4.85. The minimum absolute atomic E-state index is 0.158. The van der Waals surface area contributed by atoms with Gasteiger partial charge >= 0.3 is 6.18 Å². The molecule has 2 unspecified atom stereocenters. The Morgan fingerprint density at radius 2 is 1.96 bits per heavy atom. The molecule has 2 rings (SSSR count). The number of benzene rings is 1. The maximum absolute atomic E-state index is 12.9. The van der Waals surface area contributed by atoms with Crippen LogP contribution in [0.3, 0.4) is 0 Å². The predicted octanol–water partition coefficient (Wildman–Crippen LogP) is 3.10. The molecule has 0 amide bonds. The summed E-state index contributed by atoms with van der Waals surface area (Å²) in [6, 6.07) is 5.26. The van der Waals surface area contributed by atoms with Crippen LogP contribution in [-0.4, -0.2) is 43.3 Å². The van der Waals surface area contributed by atoms with E-state index in [4.69, 9.17) is 10.00 Å². The Morgan fingerprint density at radius 1 is 1.30 bits per heavy atom. The third-order valence-electron chi connectivity index (χ3n) is 3.70. The summed E-state index contributed by atoms with van der Waals surface area (Å²) in [5.41, 5.74) is -0.900. The van der Waals surface area contributed by atoms with Gasteiger partial charge in [0.1, 0.15) is 0 Å². The molecule has 1 heterocycles. The second kappa shape index (κ2) is 7.20. The number of rotatable bonds is 4. The lowest BCUT2D eigenvalue weighted by Gasteiger charge is -2.35. The Labute approximate surface area is 133 Å². The second-order valence-corrected chi connectivity index (χ2v) is 5.81. The number of morpholine rings is 1. The van der Waals surface area contributed by atoms with Crippen LogP contribution < -0.4 is 5.32 Å². The van der Waals surface area contributed by atoms with Crippen molar-refractivity contribution in [2.45, 2.75) is 32.2 Å². The average Bonchev–Trinajstić information content (AvgIpc) is 2.45. The first-order valence-electron chi connectivity index (χ1n) is 7.52. The van der Waals surface area contributed by atoms with E-state index in [0.29, 0.717) is 12.2 Å². The number of hydrogen-bond donors (Lipinski definition) is 1. The molecule has 0 saturated carbocycles. The Morgan fingerprint density at radius 3 is 2.52 bits per heavy atom. The van der Waals surface area contributed by atoms with Crippen LogP contribution in [0.5, 0.6) is 0 Å². The fraction of sp³-hybridized carbons (Fsp3) is 0.562. The number of nitriles is 1. The molecule has 0 spiro atoms. The lowest BCUT2D eigenvalue weighted by Crippen LogP contribution is -2.46. The highest BCUT2D eigenvalue weighted by molar-refractivity contribution is 5.53. The number of anilines is 1. The van der Waals surface area contributed by atoms with Crippen LogP contribution in [0.2, 0.25) is 0 Å². The summed E-state index contributed by atoms with van der Waals surface area (Å²) in [4.78, 5) is 2.22. The standard InChI is InChI=1S/C16H20F3N3O/c1-11-9-22(10-12(2)23-11)6-5-21-14-4-3-13(8-20)15(7-14)16(17,18)19/h3-4,7,11-12,21H,5-6,9-10H2,1-2H3. The van der Waals surface area contributed by atoms with Gasteiger partial charge in [0.25, 0.3) is 0 Å². The van der Waals surface area contributed by atoms with Crippen molar-refractivity contribution in [2.75, 3.05) is 31.5 Å². The van der Waals surface area contributed by atoms with Crippen molar-refractivity contribution in [3.8, 4) is 6.07 Å². The molecule has 2 atom stereocenters. The summed E-state index contributed by atoms with van der Waals surface area (Å²) in [6.45, 7) is 6.89. The zero-order chi connectivity index (χ0) is 17.0. The Kier molecular flexibility index (Phi) is 5.50. The molecule has 1 aromatic carbocycles. The van der Waals surface area contributed by atoms with Gasteiger partial charge in [0, 0.05) is 31.9 Å². The van der Waals surface area contributed by atoms with Gasteiger partial charge in [-0.3, -0.25) is 4.90 Å². The fourth-order valence-electron chi connectivity index (χ4n) is 2.81. The van der Waals surface area contributed by atoms with Crippen molar-refractivity contribution >= 4 is 5.69 Å². The number of nitrogens with zero attached hydrogens (tertiary/aromatic N) is 2. The van der Waals surface area contributed by atoms with Crippen molar-refractivity contribution in [3.05, 3.63) is 29.3 Å². The topological polar surface area (TPSA) is 48.3 Å². The van der Waals surface area contributed by atoms with E-state index in [1.807, 2.05) is 13.8 Å². The molecule has 0 aromatic heterocycles. The SMILES string of the molecule is CC1CN(CCNc2ccc(C#N)c(C(F)(F)F)c2)CC(C)O1. The molecular formula is C16H20F3N3O. The number of hydrogen-bond acceptors (Lipinski definition) is 4. The number of halogens is 3. The van der Waals surface area contributed by atoms with E-state index < -0.39 is 11.7 Å². The van der Waals surface area contributed by atoms with Gasteiger partial charge in [-0.2, -0.15) is 18.4 Å². The highest BCUT2D eigenvalue weighted by Gasteiger charge is 2.33. The minimum Gasteiger partial charge on any atom is -0.384 e. The lowest BCUT2D eigenvalue weighted by atomic mass is 10.1. The van der Waals surface area contributed by atoms with Crippen molar-refractivity contribution in [2.24, 2.45) is 0 Å². The summed E-state index contributed by atoms with van der Waals surface area (Å²) in [5.74, 6) is 0. The number of nitrogens with one attached hydrogen (secondary N) is 1. The molecule has 23 heavy (non-hydrogen) atoms. The zero-order valence-corrected chi connectivity index (χ0v) is 13.2. The Bertz CT molecular complexity index is 573. The van der Waals surface area contributed by atoms with Gasteiger partial charge in [-0.15, -0.1) is 0 Å². The van der Waals surface area contributed by atoms with Gasteiger partial charge < -0.3 is 10.1 Å². The molecule has 7 heteroatoms. The average molecular weight is 327 g/mol. The third-order valence-corrected chi connectivity index (χ3v) is 3.70. The molecule has 1 saturated heterocycles. The van der Waals surface area contributed by atoms with Crippen molar-refractivity contribution in [3.63, 3.8) is 0 Å². The summed E-state index contributed by atoms with van der Waals surface area (Å²) in [7, 11) is 0. The van der Waals surface area contributed by atoms with Crippen LogP contribution in [0.4, 0.5) is 18.9 Å². The smallest absolute Gasteiger partial charge is 0.384 e. The second-order valence-electron chi connectivity index (χ2n) is 5.81. The Balaban J connectivity index is 1.95. The molecular weight excluding hydrogens is 307 g/mol. The molecule has 0 bridgehead atoms. The molecule has 4 nitrogen and oxygen atoms in total. The van der Waals surface area contributed by atoms with E-state index in [1.165, 1.54) is 12.1 Å². The van der Waals surface area contributed by atoms with E-state index in [0.717, 1.165) is 25.7 Å². The first kappa shape index (κ1) is 17.6. The van der Waals surface area contributed by atoms with E-state index in [-0.39, 0.29) is 17.8 Å². The van der Waals surface area contributed by atoms with Gasteiger partial charge in [0.2, 0.25) is 0 Å². The quantitative estimate of drug-likeness (QED) is 0.923. The highest BCUT2D eigenvalue weighted by atomic mass is 19.4. The van der Waals surface area contributed by atoms with Crippen LogP contribution in [0.1, 0.15) is 25.0 Å². The molecule has 1 aliphatic rings. The van der Waals surface area contributed by atoms with E-state index >= 15 is 0 Å². The van der Waals surface area contributed by atoms with Gasteiger partial charge in [-0.25, -0.2) is 0 Å². The maximum Gasteiger partial charge on any atom is 0.417 e. The van der Waals surface area contributed by atoms with Gasteiger partial charge in [-0.05, 0) is 32.0 Å². The molecule has 1 N–H and O–H groups in total. The maximum atomic E-state index is 12.9. The number of alkyl halides is 3. The van der Waals surface area contributed by atoms with Crippen LogP contribution in [-0.2, 0) is 10.9 Å². The van der Waals surface area contributed by atoms with Crippen LogP contribution in [0.15, 0.2) is 18.2 Å². The summed E-state index contributed by atoms with van der Waals surface area (Å²) < 4.78 is 44.4. The van der Waals surface area contributed by atoms with E-state index in [9.17, 15) is 13.2 Å². The molecule has 1 aliphatic heterocycles. The largest absolute Gasteiger partial charge is 0.417 e. The van der Waals surface area contributed by atoms with Crippen molar-refractivity contribution < 1.29 is 17.9 Å². The summed E-state index contributed by atoms with van der Waals surface area (Å²) in [5, 5.41) is 11.8. The molecule has 126 valence electrons. The van der Waals surface area contributed by atoms with Crippen molar-refractivity contribution in [1.82, 2.24) is 4.90 Å². The lowest BCUT2D eigenvalue weighted by molar-refractivity contribution is -0.137. The zero-order valence-electron chi connectivity index (χ0n) is 13.2. The van der Waals surface area contributed by atoms with Crippen LogP contribution in [0, 0.1) is 11.3 Å². The fourth-order valence-corrected chi connectivity index (χ4v) is 2.81. The monoisotopic (exact) mass is 327 g/mol. The number of ether oxygens (including phenoxy) is 1. The van der Waals surface area contributed by atoms with Gasteiger partial charge in [0.15, 0.2) is 0 Å². The summed E-state index contributed by atoms with van der Waals surface area (Å²) >= 11 is 0. The first-order valence-corrected chi connectivity index (χ1v) is 7.52. The van der Waals surface area contributed by atoms with Gasteiger partial charge in [-0.1, -0.05) is 0 Å². The molecule has 1 fully saturated rings. The molecule has 1 aromatic rings. The van der Waals surface area contributed by atoms with E-state index in [1.54, 1.807) is 6.07 Å². The van der Waals surface area contributed by atoms with E-state index in [2.05, 4.69) is 10.2 Å². The van der Waals surface area contributed by atoms with Crippen LogP contribution >= 0.6 is 0 Å². The van der Waals surface area contributed by atoms with Crippen LogP contribution in [0.25, 0.3) is 0 Å². The molecule has 0 aliphatic carbocycles. The molecule has 0 radical (unpaired) electrons. The van der Waals surface area contributed by atoms with Crippen molar-refractivity contribution in [1.29, 1.82) is 5.26 Å². The first-order chi connectivity index (χ1) is 10.8. The minimum atomic E-state index is -4.53. The highest BCUT2D eigenvalue weighted by Crippen LogP contribution is 2.33. The summed E-state index contributed by atoms with van der Waals surface area (Å²) in [6.07, 6.45) is -4.21. The Hall–Kier alpha value is -1.78. The normalized spacial score (nSPS) is 22.6. The predicted molar refractivity (Wildman–Crippen MR) is 81.1 cm³/mol. The van der Waals surface area contributed by atoms with Gasteiger partial charge in [0.05, 0.1) is 29.4 Å².